The minimum absolute atomic E-state index is 0.136. The largest absolute Gasteiger partial charge is 0.466 e. The number of carbonyl (C=O) groups is 1. The van der Waals surface area contributed by atoms with Crippen LogP contribution in [0.3, 0.4) is 0 Å². The van der Waals surface area contributed by atoms with Crippen LogP contribution in [0.1, 0.15) is 33.0 Å². The fourth-order valence-corrected chi connectivity index (χ4v) is 2.83. The Hall–Kier alpha value is -1.55. The standard InChI is InChI=1S/C15H16BrNO2/c1-8-5-12(16)6-9(2)14(8)17-15(18)13-7-10(3)19-11(13)4/h5-7H,1-4H3,(H,17,18). The summed E-state index contributed by atoms with van der Waals surface area (Å²) in [5.41, 5.74) is 3.49. The molecule has 0 unspecified atom stereocenters. The van der Waals surface area contributed by atoms with Crippen LogP contribution in [0.25, 0.3) is 0 Å². The number of rotatable bonds is 2. The molecule has 1 N–H and O–H groups in total. The molecule has 0 spiro atoms. The van der Waals surface area contributed by atoms with Gasteiger partial charge >= 0.3 is 0 Å². The summed E-state index contributed by atoms with van der Waals surface area (Å²) >= 11 is 3.45. The monoisotopic (exact) mass is 321 g/mol. The summed E-state index contributed by atoms with van der Waals surface area (Å²) in [6.45, 7) is 7.57. The lowest BCUT2D eigenvalue weighted by Gasteiger charge is -2.12. The molecule has 2 aromatic rings. The van der Waals surface area contributed by atoms with Gasteiger partial charge in [0.25, 0.3) is 5.91 Å². The average molecular weight is 322 g/mol. The summed E-state index contributed by atoms with van der Waals surface area (Å²) in [5.74, 6) is 1.25. The molecule has 1 aromatic heterocycles. The zero-order valence-corrected chi connectivity index (χ0v) is 13.0. The highest BCUT2D eigenvalue weighted by Crippen LogP contribution is 2.26. The fourth-order valence-electron chi connectivity index (χ4n) is 2.14. The summed E-state index contributed by atoms with van der Waals surface area (Å²) in [6, 6.07) is 5.72. The number of aryl methyl sites for hydroxylation is 4. The SMILES string of the molecule is Cc1cc(C(=O)Nc2c(C)cc(Br)cc2C)c(C)o1. The topological polar surface area (TPSA) is 42.2 Å². The molecule has 4 heteroatoms. The van der Waals surface area contributed by atoms with Crippen molar-refractivity contribution in [3.8, 4) is 0 Å². The number of anilines is 1. The molecule has 0 bridgehead atoms. The molecule has 0 atom stereocenters. The molecule has 100 valence electrons. The first-order valence-corrected chi connectivity index (χ1v) is 6.83. The van der Waals surface area contributed by atoms with Crippen molar-refractivity contribution in [2.75, 3.05) is 5.32 Å². The summed E-state index contributed by atoms with van der Waals surface area (Å²) in [6.07, 6.45) is 0. The first-order valence-electron chi connectivity index (χ1n) is 6.03. The lowest BCUT2D eigenvalue weighted by Crippen LogP contribution is -2.14. The van der Waals surface area contributed by atoms with Crippen LogP contribution in [0.2, 0.25) is 0 Å². The van der Waals surface area contributed by atoms with E-state index in [-0.39, 0.29) is 5.91 Å². The third-order valence-corrected chi connectivity index (χ3v) is 3.48. The molecular weight excluding hydrogens is 306 g/mol. The van der Waals surface area contributed by atoms with Crippen molar-refractivity contribution < 1.29 is 9.21 Å². The van der Waals surface area contributed by atoms with Crippen LogP contribution in [-0.2, 0) is 0 Å². The van der Waals surface area contributed by atoms with Crippen LogP contribution in [-0.4, -0.2) is 5.91 Å². The van der Waals surface area contributed by atoms with Crippen molar-refractivity contribution in [3.63, 3.8) is 0 Å². The van der Waals surface area contributed by atoms with E-state index in [9.17, 15) is 4.79 Å². The van der Waals surface area contributed by atoms with Gasteiger partial charge in [0.1, 0.15) is 11.5 Å². The van der Waals surface area contributed by atoms with Gasteiger partial charge in [0.2, 0.25) is 0 Å². The van der Waals surface area contributed by atoms with E-state index in [1.165, 1.54) is 0 Å². The summed E-state index contributed by atoms with van der Waals surface area (Å²) in [4.78, 5) is 12.3. The minimum Gasteiger partial charge on any atom is -0.466 e. The second-order valence-corrected chi connectivity index (χ2v) is 5.61. The Labute approximate surface area is 121 Å². The molecule has 0 fully saturated rings. The van der Waals surface area contributed by atoms with E-state index in [4.69, 9.17) is 4.42 Å². The quantitative estimate of drug-likeness (QED) is 0.883. The van der Waals surface area contributed by atoms with Crippen molar-refractivity contribution in [2.24, 2.45) is 0 Å². The summed E-state index contributed by atoms with van der Waals surface area (Å²) in [5, 5.41) is 2.96. The predicted molar refractivity (Wildman–Crippen MR) is 79.8 cm³/mol. The number of amides is 1. The van der Waals surface area contributed by atoms with Gasteiger partial charge in [0.15, 0.2) is 0 Å². The van der Waals surface area contributed by atoms with E-state index < -0.39 is 0 Å². The number of carbonyl (C=O) groups excluding carboxylic acids is 1. The first kappa shape index (κ1) is 13.9. The van der Waals surface area contributed by atoms with Gasteiger partial charge in [-0.3, -0.25) is 4.79 Å². The van der Waals surface area contributed by atoms with Crippen LogP contribution in [0.15, 0.2) is 27.1 Å². The van der Waals surface area contributed by atoms with Crippen LogP contribution >= 0.6 is 15.9 Å². The highest BCUT2D eigenvalue weighted by molar-refractivity contribution is 9.10. The van der Waals surface area contributed by atoms with Crippen molar-refractivity contribution in [1.82, 2.24) is 0 Å². The molecule has 2 rings (SSSR count). The Kier molecular flexibility index (Phi) is 3.80. The number of benzene rings is 1. The molecule has 3 nitrogen and oxygen atoms in total. The lowest BCUT2D eigenvalue weighted by atomic mass is 10.1. The van der Waals surface area contributed by atoms with E-state index >= 15 is 0 Å². The molecule has 0 radical (unpaired) electrons. The van der Waals surface area contributed by atoms with Crippen molar-refractivity contribution in [3.05, 3.63) is 50.9 Å². The van der Waals surface area contributed by atoms with Gasteiger partial charge in [-0.25, -0.2) is 0 Å². The van der Waals surface area contributed by atoms with Gasteiger partial charge in [-0.2, -0.15) is 0 Å². The molecule has 19 heavy (non-hydrogen) atoms. The van der Waals surface area contributed by atoms with Gasteiger partial charge in [-0.15, -0.1) is 0 Å². The zero-order chi connectivity index (χ0) is 14.2. The first-order chi connectivity index (χ1) is 8.88. The maximum Gasteiger partial charge on any atom is 0.259 e. The number of halogens is 1. The number of hydrogen-bond acceptors (Lipinski definition) is 2. The number of hydrogen-bond donors (Lipinski definition) is 1. The Balaban J connectivity index is 2.32. The molecule has 1 amide bonds. The van der Waals surface area contributed by atoms with E-state index in [0.29, 0.717) is 11.3 Å². The maximum absolute atomic E-state index is 12.3. The Morgan fingerprint density at radius 3 is 2.16 bits per heavy atom. The Morgan fingerprint density at radius 2 is 1.68 bits per heavy atom. The molecule has 1 heterocycles. The van der Waals surface area contributed by atoms with Gasteiger partial charge < -0.3 is 9.73 Å². The Bertz CT molecular complexity index is 621. The minimum atomic E-state index is -0.136. The lowest BCUT2D eigenvalue weighted by molar-refractivity contribution is 0.102. The summed E-state index contributed by atoms with van der Waals surface area (Å²) in [7, 11) is 0. The molecule has 0 aliphatic carbocycles. The molecule has 0 saturated heterocycles. The van der Waals surface area contributed by atoms with Crippen LogP contribution in [0.5, 0.6) is 0 Å². The number of furan rings is 1. The molecule has 0 saturated carbocycles. The van der Waals surface area contributed by atoms with Crippen LogP contribution in [0.4, 0.5) is 5.69 Å². The second-order valence-electron chi connectivity index (χ2n) is 4.70. The fraction of sp³-hybridized carbons (Fsp3) is 0.267. The maximum atomic E-state index is 12.3. The van der Waals surface area contributed by atoms with Crippen molar-refractivity contribution in [2.45, 2.75) is 27.7 Å². The predicted octanol–water partition coefficient (Wildman–Crippen LogP) is 4.53. The van der Waals surface area contributed by atoms with Gasteiger partial charge in [0.05, 0.1) is 5.56 Å². The highest BCUT2D eigenvalue weighted by Gasteiger charge is 2.15. The zero-order valence-electron chi connectivity index (χ0n) is 11.4. The third kappa shape index (κ3) is 2.89. The normalized spacial score (nSPS) is 10.6. The van der Waals surface area contributed by atoms with E-state index in [1.807, 2.05) is 32.9 Å². The van der Waals surface area contributed by atoms with Gasteiger partial charge in [-0.1, -0.05) is 15.9 Å². The smallest absolute Gasteiger partial charge is 0.259 e. The van der Waals surface area contributed by atoms with Crippen LogP contribution in [0, 0.1) is 27.7 Å². The molecular formula is C15H16BrNO2. The van der Waals surface area contributed by atoms with E-state index in [1.54, 1.807) is 13.0 Å². The van der Waals surface area contributed by atoms with Crippen molar-refractivity contribution in [1.29, 1.82) is 0 Å². The molecule has 0 aliphatic heterocycles. The highest BCUT2D eigenvalue weighted by atomic mass is 79.9. The van der Waals surface area contributed by atoms with E-state index in [2.05, 4.69) is 21.2 Å². The summed E-state index contributed by atoms with van der Waals surface area (Å²) < 4.78 is 6.39. The van der Waals surface area contributed by atoms with Crippen molar-refractivity contribution >= 4 is 27.5 Å². The number of nitrogens with one attached hydrogen (secondary N) is 1. The van der Waals surface area contributed by atoms with Gasteiger partial charge in [-0.05, 0) is 57.0 Å². The van der Waals surface area contributed by atoms with Gasteiger partial charge in [0, 0.05) is 10.2 Å². The third-order valence-electron chi connectivity index (χ3n) is 3.02. The second kappa shape index (κ2) is 5.21. The molecule has 0 aliphatic rings. The van der Waals surface area contributed by atoms with Crippen LogP contribution < -0.4 is 5.32 Å². The van der Waals surface area contributed by atoms with E-state index in [0.717, 1.165) is 27.0 Å². The Morgan fingerprint density at radius 1 is 1.11 bits per heavy atom. The molecule has 1 aromatic carbocycles. The average Bonchev–Trinajstić information content (AvgIpc) is 2.62.